The molecule has 11 rings (SSSR count). The van der Waals surface area contributed by atoms with Crippen LogP contribution >= 0.6 is 0 Å². The SMILES string of the molecule is [2H]C([2H])([2H])[n+]1[c-]n(-c2[c-]c(Oc3[c-]c4c(cc3)c3cccc5c3n4-c3nccn3B5c3c(-c4ccccc4)cccc3-c3ccccc3)ccc2)c2ccccc21.[Pt]. The third kappa shape index (κ3) is 5.22. The Labute approximate surface area is 337 Å². The number of imidazole rings is 2. The Morgan fingerprint density at radius 1 is 0.691 bits per heavy atom. The molecule has 0 saturated carbocycles. The quantitative estimate of drug-likeness (QED) is 0.0960. The molecule has 0 saturated heterocycles. The average Bonchev–Trinajstić information content (AvgIpc) is 3.97. The molecule has 6 nitrogen and oxygen atoms in total. The number of aryl methyl sites for hydroxylation is 1. The minimum atomic E-state index is -2.39. The van der Waals surface area contributed by atoms with Gasteiger partial charge in [-0.3, -0.25) is 0 Å². The first-order valence-corrected chi connectivity index (χ1v) is 17.8. The Bertz CT molecular complexity index is 3120. The second-order valence-electron chi connectivity index (χ2n) is 13.5. The molecule has 10 aromatic rings. The van der Waals surface area contributed by atoms with Crippen molar-refractivity contribution in [2.45, 2.75) is 0 Å². The number of nitrogens with zero attached hydrogens (tertiary/aromatic N) is 5. The van der Waals surface area contributed by atoms with E-state index in [1.54, 1.807) is 10.6 Å². The van der Waals surface area contributed by atoms with Crippen LogP contribution in [0.2, 0.25) is 0 Å². The van der Waals surface area contributed by atoms with Crippen LogP contribution in [0, 0.1) is 18.5 Å². The summed E-state index contributed by atoms with van der Waals surface area (Å²) in [7, 11) is 0. The van der Waals surface area contributed by atoms with Gasteiger partial charge in [0.2, 0.25) is 12.3 Å². The molecular formula is C47H30BN5OPt-2. The largest absolute Gasteiger partial charge is 0.510 e. The van der Waals surface area contributed by atoms with Crippen LogP contribution in [0.15, 0.2) is 164 Å². The van der Waals surface area contributed by atoms with Crippen molar-refractivity contribution < 1.29 is 34.5 Å². The summed E-state index contributed by atoms with van der Waals surface area (Å²) in [6, 6.07) is 58.2. The minimum Gasteiger partial charge on any atom is -0.510 e. The molecule has 55 heavy (non-hydrogen) atoms. The number of hydrogen-bond acceptors (Lipinski definition) is 2. The van der Waals surface area contributed by atoms with Crippen molar-refractivity contribution in [3.63, 3.8) is 0 Å². The first-order valence-electron chi connectivity index (χ1n) is 19.3. The summed E-state index contributed by atoms with van der Waals surface area (Å²) < 4.78 is 38.0. The molecule has 7 aromatic carbocycles. The van der Waals surface area contributed by atoms with Gasteiger partial charge in [-0.05, 0) is 38.6 Å². The van der Waals surface area contributed by atoms with Gasteiger partial charge in [-0.15, -0.1) is 29.7 Å². The number of fused-ring (bicyclic) bond motifs is 6. The molecule has 1 aliphatic heterocycles. The predicted molar refractivity (Wildman–Crippen MR) is 215 cm³/mol. The molecule has 1 aliphatic rings. The van der Waals surface area contributed by atoms with E-state index in [0.29, 0.717) is 28.2 Å². The maximum atomic E-state index is 8.06. The van der Waals surface area contributed by atoms with Gasteiger partial charge >= 0.3 is 6.85 Å². The van der Waals surface area contributed by atoms with Gasteiger partial charge in [0.05, 0.1) is 22.1 Å². The summed E-state index contributed by atoms with van der Waals surface area (Å²) in [6.45, 7) is -2.57. The van der Waals surface area contributed by atoms with E-state index in [2.05, 4.69) is 137 Å². The Hall–Kier alpha value is -6.43. The Morgan fingerprint density at radius 2 is 1.40 bits per heavy atom. The van der Waals surface area contributed by atoms with Gasteiger partial charge in [-0.25, -0.2) is 4.98 Å². The zero-order valence-corrected chi connectivity index (χ0v) is 31.4. The van der Waals surface area contributed by atoms with Gasteiger partial charge in [-0.2, -0.15) is 18.2 Å². The van der Waals surface area contributed by atoms with E-state index < -0.39 is 6.98 Å². The van der Waals surface area contributed by atoms with Crippen LogP contribution in [-0.4, -0.2) is 25.4 Å². The monoisotopic (exact) mass is 889 g/mol. The van der Waals surface area contributed by atoms with Crippen molar-refractivity contribution in [2.24, 2.45) is 6.98 Å². The third-order valence-electron chi connectivity index (χ3n) is 10.5. The number of para-hydroxylation sites is 3. The first-order chi connectivity index (χ1) is 27.9. The summed E-state index contributed by atoms with van der Waals surface area (Å²) >= 11 is 0. The molecule has 0 N–H and O–H groups in total. The molecule has 0 unspecified atom stereocenters. The molecule has 0 atom stereocenters. The normalized spacial score (nSPS) is 12.9. The van der Waals surface area contributed by atoms with Crippen molar-refractivity contribution in [3.05, 3.63) is 183 Å². The summed E-state index contributed by atoms with van der Waals surface area (Å²) in [5.74, 6) is 1.76. The van der Waals surface area contributed by atoms with Gasteiger partial charge in [0.1, 0.15) is 0 Å². The maximum absolute atomic E-state index is 8.06. The van der Waals surface area contributed by atoms with E-state index in [0.717, 1.165) is 44.3 Å². The maximum Gasteiger partial charge on any atom is 0.334 e. The van der Waals surface area contributed by atoms with Crippen LogP contribution in [0.5, 0.6) is 11.5 Å². The van der Waals surface area contributed by atoms with E-state index in [-0.39, 0.29) is 27.9 Å². The smallest absolute Gasteiger partial charge is 0.334 e. The number of aromatic nitrogens is 5. The molecule has 0 fully saturated rings. The fourth-order valence-electron chi connectivity index (χ4n) is 8.18. The number of hydrogen-bond donors (Lipinski definition) is 0. The molecule has 0 bridgehead atoms. The molecule has 0 radical (unpaired) electrons. The molecule has 0 aliphatic carbocycles. The number of benzene rings is 7. The Morgan fingerprint density at radius 3 is 2.18 bits per heavy atom. The topological polar surface area (TPSA) is 40.8 Å². The van der Waals surface area contributed by atoms with Gasteiger partial charge < -0.3 is 22.9 Å². The molecule has 0 amide bonds. The standard InChI is InChI=1S/C47H30BN5O.Pt/c1-50-31-51(43-24-9-8-23-42(43)50)34-17-10-18-35(29-34)54-36-25-26-39-40-21-12-22-41-46(40)53(44(39)30-36)47-49-27-28-52(47)48(41)45-37(32-13-4-2-5-14-32)19-11-20-38(45)33-15-6-3-7-16-33;/h2-28H,1H3;/q-2;/i1D3;. The average molecular weight is 890 g/mol. The zero-order chi connectivity index (χ0) is 38.3. The zero-order valence-electron chi connectivity index (χ0n) is 32.1. The summed E-state index contributed by atoms with van der Waals surface area (Å²) in [6.07, 6.45) is 6.96. The van der Waals surface area contributed by atoms with Gasteiger partial charge in [0.25, 0.3) is 0 Å². The van der Waals surface area contributed by atoms with E-state index in [1.807, 2.05) is 48.7 Å². The van der Waals surface area contributed by atoms with Crippen molar-refractivity contribution in [1.29, 1.82) is 0 Å². The van der Waals surface area contributed by atoms with Crippen molar-refractivity contribution in [2.75, 3.05) is 0 Å². The Balaban J connectivity index is 0.00000408. The summed E-state index contributed by atoms with van der Waals surface area (Å²) in [5.41, 5.74) is 10.8. The predicted octanol–water partition coefficient (Wildman–Crippen LogP) is 8.24. The number of rotatable bonds is 6. The van der Waals surface area contributed by atoms with Gasteiger partial charge in [0.15, 0.2) is 0 Å². The fourth-order valence-corrected chi connectivity index (χ4v) is 8.18. The van der Waals surface area contributed by atoms with Crippen LogP contribution in [-0.2, 0) is 28.0 Å². The second kappa shape index (κ2) is 13.2. The van der Waals surface area contributed by atoms with Crippen LogP contribution < -0.4 is 20.2 Å². The van der Waals surface area contributed by atoms with Crippen LogP contribution in [0.4, 0.5) is 0 Å². The summed E-state index contributed by atoms with van der Waals surface area (Å²) in [5, 5.41) is 2.14. The van der Waals surface area contributed by atoms with Gasteiger partial charge in [-0.1, -0.05) is 133 Å². The van der Waals surface area contributed by atoms with Crippen LogP contribution in [0.1, 0.15) is 4.11 Å². The minimum absolute atomic E-state index is 0. The van der Waals surface area contributed by atoms with Crippen molar-refractivity contribution in [1.82, 2.24) is 18.6 Å². The Kier molecular flexibility index (Phi) is 7.17. The van der Waals surface area contributed by atoms with E-state index >= 15 is 0 Å². The van der Waals surface area contributed by atoms with E-state index in [9.17, 15) is 0 Å². The van der Waals surface area contributed by atoms with Gasteiger partial charge in [0, 0.05) is 50.5 Å². The molecule has 0 spiro atoms. The van der Waals surface area contributed by atoms with E-state index in [1.165, 1.54) is 21.2 Å². The first kappa shape index (κ1) is 30.0. The molecule has 4 heterocycles. The van der Waals surface area contributed by atoms with Crippen LogP contribution in [0.3, 0.4) is 0 Å². The fraction of sp³-hybridized carbons (Fsp3) is 0.0213. The van der Waals surface area contributed by atoms with Crippen molar-refractivity contribution >= 4 is 50.6 Å². The summed E-state index contributed by atoms with van der Waals surface area (Å²) in [4.78, 5) is 5.00. The van der Waals surface area contributed by atoms with Crippen molar-refractivity contribution in [3.8, 4) is 45.4 Å². The second-order valence-corrected chi connectivity index (χ2v) is 13.5. The third-order valence-corrected chi connectivity index (χ3v) is 10.5. The van der Waals surface area contributed by atoms with Crippen LogP contribution in [0.25, 0.3) is 66.7 Å². The van der Waals surface area contributed by atoms with E-state index in [4.69, 9.17) is 13.8 Å². The molecule has 264 valence electrons. The molecule has 3 aromatic heterocycles. The molecule has 8 heteroatoms. The molecular weight excluding hydrogens is 856 g/mol. The number of ether oxygens (including phenoxy) is 1.